The van der Waals surface area contributed by atoms with Gasteiger partial charge in [0.2, 0.25) is 0 Å². The van der Waals surface area contributed by atoms with Crippen molar-refractivity contribution in [2.75, 3.05) is 6.54 Å². The molecule has 0 spiro atoms. The minimum absolute atomic E-state index is 0.275. The van der Waals surface area contributed by atoms with E-state index in [1.807, 2.05) is 6.07 Å². The summed E-state index contributed by atoms with van der Waals surface area (Å²) in [5, 5.41) is 2.77. The van der Waals surface area contributed by atoms with Crippen LogP contribution in [0.3, 0.4) is 0 Å². The number of carbonyl (C=O) groups is 3. The zero-order chi connectivity index (χ0) is 19.4. The molecule has 0 unspecified atom stereocenters. The SMILES string of the molecule is C[C@H]1CCc2sc(C(=O)NNC(=O)CNC(=O)c3ccccc3Cl)cc2C1. The third-order valence-corrected chi connectivity index (χ3v) is 5.96. The molecule has 3 N–H and O–H groups in total. The summed E-state index contributed by atoms with van der Waals surface area (Å²) in [6.07, 6.45) is 3.12. The van der Waals surface area contributed by atoms with Crippen LogP contribution in [-0.2, 0) is 17.6 Å². The van der Waals surface area contributed by atoms with Crippen molar-refractivity contribution < 1.29 is 14.4 Å². The molecule has 8 heteroatoms. The molecule has 0 aliphatic heterocycles. The van der Waals surface area contributed by atoms with Crippen LogP contribution in [0.2, 0.25) is 5.02 Å². The number of fused-ring (bicyclic) bond motifs is 1. The molecule has 1 aliphatic rings. The van der Waals surface area contributed by atoms with Crippen LogP contribution in [0.15, 0.2) is 30.3 Å². The topological polar surface area (TPSA) is 87.3 Å². The van der Waals surface area contributed by atoms with Gasteiger partial charge in [-0.25, -0.2) is 0 Å². The normalized spacial score (nSPS) is 15.6. The van der Waals surface area contributed by atoms with Crippen LogP contribution in [0, 0.1) is 5.92 Å². The molecule has 0 radical (unpaired) electrons. The van der Waals surface area contributed by atoms with Crippen LogP contribution in [0.1, 0.15) is 43.8 Å². The molecule has 1 aliphatic carbocycles. The highest BCUT2D eigenvalue weighted by Crippen LogP contribution is 2.32. The number of hydrogen-bond donors (Lipinski definition) is 3. The Hall–Kier alpha value is -2.38. The van der Waals surface area contributed by atoms with E-state index in [4.69, 9.17) is 11.6 Å². The van der Waals surface area contributed by atoms with Gasteiger partial charge in [0.05, 0.1) is 22.0 Å². The fourth-order valence-electron chi connectivity index (χ4n) is 2.95. The average molecular weight is 406 g/mol. The Kier molecular flexibility index (Phi) is 6.13. The summed E-state index contributed by atoms with van der Waals surface area (Å²) in [6, 6.07) is 8.46. The van der Waals surface area contributed by atoms with Crippen LogP contribution in [0.4, 0.5) is 0 Å². The maximum absolute atomic E-state index is 12.2. The summed E-state index contributed by atoms with van der Waals surface area (Å²) in [5.74, 6) is -0.710. The van der Waals surface area contributed by atoms with E-state index < -0.39 is 11.8 Å². The number of thiophene rings is 1. The van der Waals surface area contributed by atoms with Crippen LogP contribution in [-0.4, -0.2) is 24.3 Å². The van der Waals surface area contributed by atoms with Gasteiger partial charge in [0.25, 0.3) is 17.7 Å². The van der Waals surface area contributed by atoms with E-state index in [1.54, 1.807) is 24.3 Å². The van der Waals surface area contributed by atoms with Crippen molar-refractivity contribution in [1.29, 1.82) is 0 Å². The number of nitrogens with one attached hydrogen (secondary N) is 3. The standard InChI is InChI=1S/C19H20ClN3O3S/c1-11-6-7-15-12(8-11)9-16(27-15)19(26)23-22-17(24)10-21-18(25)13-4-2-3-5-14(13)20/h2-5,9,11H,6-8,10H2,1H3,(H,21,25)(H,22,24)(H,23,26)/t11-/m0/s1. The van der Waals surface area contributed by atoms with Gasteiger partial charge in [-0.3, -0.25) is 25.2 Å². The van der Waals surface area contributed by atoms with Gasteiger partial charge < -0.3 is 5.32 Å². The van der Waals surface area contributed by atoms with Crippen LogP contribution >= 0.6 is 22.9 Å². The van der Waals surface area contributed by atoms with Gasteiger partial charge in [0, 0.05) is 4.88 Å². The summed E-state index contributed by atoms with van der Waals surface area (Å²) in [4.78, 5) is 37.9. The van der Waals surface area contributed by atoms with Crippen molar-refractivity contribution in [1.82, 2.24) is 16.2 Å². The lowest BCUT2D eigenvalue weighted by molar-refractivity contribution is -0.120. The lowest BCUT2D eigenvalue weighted by atomic mass is 9.90. The summed E-state index contributed by atoms with van der Waals surface area (Å²) in [7, 11) is 0. The second-order valence-electron chi connectivity index (χ2n) is 6.57. The van der Waals surface area contributed by atoms with Crippen LogP contribution in [0.25, 0.3) is 0 Å². The van der Waals surface area contributed by atoms with Gasteiger partial charge in [-0.05, 0) is 48.9 Å². The summed E-state index contributed by atoms with van der Waals surface area (Å²) in [6.45, 7) is 1.93. The smallest absolute Gasteiger partial charge is 0.279 e. The second kappa shape index (κ2) is 8.54. The highest BCUT2D eigenvalue weighted by atomic mass is 35.5. The van der Waals surface area contributed by atoms with E-state index in [9.17, 15) is 14.4 Å². The molecular weight excluding hydrogens is 386 g/mol. The molecule has 1 aromatic carbocycles. The Balaban J connectivity index is 1.47. The highest BCUT2D eigenvalue weighted by molar-refractivity contribution is 7.14. The summed E-state index contributed by atoms with van der Waals surface area (Å²) < 4.78 is 0. The molecular formula is C19H20ClN3O3S. The number of hydrogen-bond acceptors (Lipinski definition) is 4. The molecule has 1 heterocycles. The number of halogens is 1. The Morgan fingerprint density at radius 1 is 1.19 bits per heavy atom. The molecule has 1 atom stereocenters. The third-order valence-electron chi connectivity index (χ3n) is 4.40. The first-order valence-corrected chi connectivity index (χ1v) is 9.87. The van der Waals surface area contributed by atoms with Gasteiger partial charge in [-0.1, -0.05) is 30.7 Å². The zero-order valence-corrected chi connectivity index (χ0v) is 16.4. The molecule has 0 bridgehead atoms. The maximum Gasteiger partial charge on any atom is 0.279 e. The van der Waals surface area contributed by atoms with Gasteiger partial charge in [0.15, 0.2) is 0 Å². The number of rotatable bonds is 4. The molecule has 1 aromatic heterocycles. The highest BCUT2D eigenvalue weighted by Gasteiger charge is 2.21. The Morgan fingerprint density at radius 3 is 2.74 bits per heavy atom. The molecule has 3 amide bonds. The molecule has 6 nitrogen and oxygen atoms in total. The third kappa shape index (κ3) is 4.87. The van der Waals surface area contributed by atoms with Gasteiger partial charge in [0.1, 0.15) is 0 Å². The monoisotopic (exact) mass is 405 g/mol. The van der Waals surface area contributed by atoms with Gasteiger partial charge in [-0.15, -0.1) is 11.3 Å². The fourth-order valence-corrected chi connectivity index (χ4v) is 4.28. The Bertz CT molecular complexity index is 881. The molecule has 0 saturated carbocycles. The Morgan fingerprint density at radius 2 is 1.96 bits per heavy atom. The number of aryl methyl sites for hydroxylation is 1. The van der Waals surface area contributed by atoms with Crippen molar-refractivity contribution in [3.8, 4) is 0 Å². The van der Waals surface area contributed by atoms with E-state index in [0.717, 1.165) is 19.3 Å². The maximum atomic E-state index is 12.2. The second-order valence-corrected chi connectivity index (χ2v) is 8.12. The van der Waals surface area contributed by atoms with Crippen molar-refractivity contribution in [3.63, 3.8) is 0 Å². The molecule has 27 heavy (non-hydrogen) atoms. The quantitative estimate of drug-likeness (QED) is 0.683. The van der Waals surface area contributed by atoms with Crippen molar-refractivity contribution in [2.45, 2.75) is 26.2 Å². The largest absolute Gasteiger partial charge is 0.343 e. The van der Waals surface area contributed by atoms with Gasteiger partial charge in [-0.2, -0.15) is 0 Å². The van der Waals surface area contributed by atoms with Crippen molar-refractivity contribution in [3.05, 3.63) is 56.2 Å². The fraction of sp³-hybridized carbons (Fsp3) is 0.316. The first kappa shape index (κ1) is 19.4. The number of benzene rings is 1. The number of amides is 3. The van der Waals surface area contributed by atoms with Gasteiger partial charge >= 0.3 is 0 Å². The number of hydrazine groups is 1. The van der Waals surface area contributed by atoms with E-state index >= 15 is 0 Å². The van der Waals surface area contributed by atoms with Crippen LogP contribution in [0.5, 0.6) is 0 Å². The minimum atomic E-state index is -0.529. The number of carbonyl (C=O) groups excluding carboxylic acids is 3. The average Bonchev–Trinajstić information content (AvgIpc) is 3.07. The summed E-state index contributed by atoms with van der Waals surface area (Å²) >= 11 is 7.41. The molecule has 142 valence electrons. The van der Waals surface area contributed by atoms with E-state index in [2.05, 4.69) is 23.1 Å². The van der Waals surface area contributed by atoms with E-state index in [1.165, 1.54) is 21.8 Å². The predicted molar refractivity (Wildman–Crippen MR) is 105 cm³/mol. The molecule has 0 fully saturated rings. The van der Waals surface area contributed by atoms with Crippen molar-refractivity contribution >= 4 is 40.7 Å². The summed E-state index contributed by atoms with van der Waals surface area (Å²) in [5.41, 5.74) is 6.21. The Labute approximate surface area is 166 Å². The lowest BCUT2D eigenvalue weighted by Gasteiger charge is -2.16. The zero-order valence-electron chi connectivity index (χ0n) is 14.8. The first-order valence-electron chi connectivity index (χ1n) is 8.67. The van der Waals surface area contributed by atoms with E-state index in [0.29, 0.717) is 15.8 Å². The predicted octanol–water partition coefficient (Wildman–Crippen LogP) is 2.72. The van der Waals surface area contributed by atoms with Crippen LogP contribution < -0.4 is 16.2 Å². The first-order chi connectivity index (χ1) is 12.9. The lowest BCUT2D eigenvalue weighted by Crippen LogP contribution is -2.46. The minimum Gasteiger partial charge on any atom is -0.343 e. The molecule has 3 rings (SSSR count). The molecule has 2 aromatic rings. The molecule has 0 saturated heterocycles. The van der Waals surface area contributed by atoms with E-state index in [-0.39, 0.29) is 18.0 Å². The van der Waals surface area contributed by atoms with Crippen molar-refractivity contribution in [2.24, 2.45) is 5.92 Å².